The number of ketones is 2. The lowest BCUT2D eigenvalue weighted by atomic mass is 9.82. The van der Waals surface area contributed by atoms with E-state index in [1.54, 1.807) is 24.3 Å². The standard InChI is InChI=1S/C20H16N2O4S/c21-14-6-8-15(9-7-14)27(25,26)22-12-16(13-4-2-1-3-5-13)19-17(22)10-11-18(23)20(19)24/h1-12,17,19H,21H2. The van der Waals surface area contributed by atoms with E-state index in [2.05, 4.69) is 0 Å². The molecule has 1 heterocycles. The quantitative estimate of drug-likeness (QED) is 0.649. The number of carbonyl (C=O) groups excluding carboxylic acids is 2. The fourth-order valence-corrected chi connectivity index (χ4v) is 4.91. The van der Waals surface area contributed by atoms with E-state index in [-0.39, 0.29) is 4.90 Å². The lowest BCUT2D eigenvalue weighted by Crippen LogP contribution is -2.42. The van der Waals surface area contributed by atoms with Gasteiger partial charge in [-0.2, -0.15) is 0 Å². The summed E-state index contributed by atoms with van der Waals surface area (Å²) < 4.78 is 27.5. The minimum Gasteiger partial charge on any atom is -0.399 e. The maximum Gasteiger partial charge on any atom is 0.264 e. The zero-order valence-corrected chi connectivity index (χ0v) is 15.0. The predicted octanol–water partition coefficient (Wildman–Crippen LogP) is 2.01. The molecule has 1 aliphatic carbocycles. The molecule has 0 amide bonds. The zero-order valence-electron chi connectivity index (χ0n) is 14.1. The highest BCUT2D eigenvalue weighted by atomic mass is 32.2. The first kappa shape index (κ1) is 17.2. The molecule has 2 aliphatic rings. The summed E-state index contributed by atoms with van der Waals surface area (Å²) in [6, 6.07) is 14.1. The van der Waals surface area contributed by atoms with Crippen LogP contribution in [0.25, 0.3) is 5.57 Å². The molecule has 1 aliphatic heterocycles. The topological polar surface area (TPSA) is 97.5 Å². The predicted molar refractivity (Wildman–Crippen MR) is 101 cm³/mol. The third-order valence-corrected chi connectivity index (χ3v) is 6.54. The highest BCUT2D eigenvalue weighted by Crippen LogP contribution is 2.41. The molecular weight excluding hydrogens is 364 g/mol. The van der Waals surface area contributed by atoms with Crippen LogP contribution in [0.3, 0.4) is 0 Å². The number of carbonyl (C=O) groups is 2. The SMILES string of the molecule is Nc1ccc(S(=O)(=O)N2C=C(c3ccccc3)C3C(=O)C(=O)C=CC32)cc1. The molecule has 0 saturated carbocycles. The molecule has 4 rings (SSSR count). The molecule has 0 radical (unpaired) electrons. The molecule has 7 heteroatoms. The van der Waals surface area contributed by atoms with Crippen molar-refractivity contribution in [3.8, 4) is 0 Å². The van der Waals surface area contributed by atoms with Gasteiger partial charge in [0.25, 0.3) is 10.0 Å². The minimum absolute atomic E-state index is 0.0683. The van der Waals surface area contributed by atoms with E-state index in [9.17, 15) is 18.0 Å². The van der Waals surface area contributed by atoms with Crippen molar-refractivity contribution in [2.45, 2.75) is 10.9 Å². The van der Waals surface area contributed by atoms with E-state index in [1.165, 1.54) is 36.5 Å². The molecule has 27 heavy (non-hydrogen) atoms. The Balaban J connectivity index is 1.86. The van der Waals surface area contributed by atoms with Crippen LogP contribution in [0.4, 0.5) is 5.69 Å². The Morgan fingerprint density at radius 3 is 2.26 bits per heavy atom. The first-order chi connectivity index (χ1) is 12.9. The van der Waals surface area contributed by atoms with Crippen molar-refractivity contribution in [1.82, 2.24) is 4.31 Å². The minimum atomic E-state index is -3.92. The Bertz CT molecular complexity index is 1090. The maximum atomic E-state index is 13.2. The number of sulfonamides is 1. The average molecular weight is 380 g/mol. The Kier molecular flexibility index (Phi) is 3.96. The second-order valence-electron chi connectivity index (χ2n) is 6.41. The van der Waals surface area contributed by atoms with Crippen molar-refractivity contribution in [2.24, 2.45) is 5.92 Å². The Morgan fingerprint density at radius 1 is 0.926 bits per heavy atom. The van der Waals surface area contributed by atoms with Crippen LogP contribution in [0, 0.1) is 5.92 Å². The number of fused-ring (bicyclic) bond motifs is 1. The van der Waals surface area contributed by atoms with Gasteiger partial charge in [0.05, 0.1) is 16.9 Å². The Labute approximate surface area is 156 Å². The summed E-state index contributed by atoms with van der Waals surface area (Å²) in [5.41, 5.74) is 7.32. The summed E-state index contributed by atoms with van der Waals surface area (Å²) in [5, 5.41) is 0. The van der Waals surface area contributed by atoms with Crippen LogP contribution in [0.2, 0.25) is 0 Å². The van der Waals surface area contributed by atoms with E-state index in [0.717, 1.165) is 10.4 Å². The van der Waals surface area contributed by atoms with Crippen LogP contribution in [-0.4, -0.2) is 30.3 Å². The third kappa shape index (κ3) is 2.76. The van der Waals surface area contributed by atoms with Crippen molar-refractivity contribution < 1.29 is 18.0 Å². The number of anilines is 1. The Morgan fingerprint density at radius 2 is 1.59 bits per heavy atom. The lowest BCUT2D eigenvalue weighted by molar-refractivity contribution is -0.136. The molecule has 0 saturated heterocycles. The van der Waals surface area contributed by atoms with Gasteiger partial charge < -0.3 is 5.73 Å². The summed E-state index contributed by atoms with van der Waals surface area (Å²) in [6.07, 6.45) is 4.09. The number of nitrogens with two attached hydrogens (primary N) is 1. The van der Waals surface area contributed by atoms with Crippen molar-refractivity contribution in [1.29, 1.82) is 0 Å². The van der Waals surface area contributed by atoms with E-state index in [0.29, 0.717) is 16.8 Å². The smallest absolute Gasteiger partial charge is 0.264 e. The van der Waals surface area contributed by atoms with Gasteiger partial charge in [-0.15, -0.1) is 0 Å². The largest absolute Gasteiger partial charge is 0.399 e. The monoisotopic (exact) mass is 380 g/mol. The van der Waals surface area contributed by atoms with Gasteiger partial charge in [0, 0.05) is 11.9 Å². The normalized spacial score (nSPS) is 21.9. The highest BCUT2D eigenvalue weighted by molar-refractivity contribution is 7.89. The molecule has 2 aromatic carbocycles. The number of nitrogen functional groups attached to an aromatic ring is 1. The number of hydrogen-bond donors (Lipinski definition) is 1. The number of rotatable bonds is 3. The lowest BCUT2D eigenvalue weighted by Gasteiger charge is -2.28. The van der Waals surface area contributed by atoms with E-state index < -0.39 is 33.5 Å². The molecule has 2 aromatic rings. The van der Waals surface area contributed by atoms with E-state index in [4.69, 9.17) is 5.73 Å². The van der Waals surface area contributed by atoms with Crippen molar-refractivity contribution >= 4 is 32.9 Å². The van der Waals surface area contributed by atoms with Crippen LogP contribution in [0.5, 0.6) is 0 Å². The van der Waals surface area contributed by atoms with E-state index >= 15 is 0 Å². The van der Waals surface area contributed by atoms with Gasteiger partial charge in [0.15, 0.2) is 0 Å². The Hall–Kier alpha value is -3.19. The van der Waals surface area contributed by atoms with Gasteiger partial charge >= 0.3 is 0 Å². The van der Waals surface area contributed by atoms with Gasteiger partial charge in [-0.05, 0) is 41.5 Å². The number of allylic oxidation sites excluding steroid dienone is 1. The van der Waals surface area contributed by atoms with Crippen LogP contribution < -0.4 is 5.73 Å². The van der Waals surface area contributed by atoms with Crippen LogP contribution in [-0.2, 0) is 19.6 Å². The average Bonchev–Trinajstić information content (AvgIpc) is 3.07. The van der Waals surface area contributed by atoms with E-state index in [1.807, 2.05) is 6.07 Å². The molecular formula is C20H16N2O4S. The first-order valence-corrected chi connectivity index (χ1v) is 9.76. The molecule has 136 valence electrons. The fourth-order valence-electron chi connectivity index (χ4n) is 3.42. The molecule has 2 unspecified atom stereocenters. The third-order valence-electron chi connectivity index (χ3n) is 4.77. The molecule has 0 bridgehead atoms. The summed E-state index contributed by atoms with van der Waals surface area (Å²) in [6.45, 7) is 0. The molecule has 0 spiro atoms. The van der Waals surface area contributed by atoms with Crippen LogP contribution in [0.15, 0.2) is 77.8 Å². The van der Waals surface area contributed by atoms with Gasteiger partial charge in [0.1, 0.15) is 0 Å². The summed E-state index contributed by atoms with van der Waals surface area (Å²) >= 11 is 0. The number of benzene rings is 2. The number of Topliss-reactive ketones (excluding diaryl/α,β-unsaturated/α-hetero) is 1. The molecule has 2 N–H and O–H groups in total. The van der Waals surface area contributed by atoms with Crippen molar-refractivity contribution in [2.75, 3.05) is 5.73 Å². The summed E-state index contributed by atoms with van der Waals surface area (Å²) in [5.74, 6) is -2.08. The van der Waals surface area contributed by atoms with Crippen molar-refractivity contribution in [3.05, 3.63) is 78.5 Å². The highest BCUT2D eigenvalue weighted by Gasteiger charge is 2.47. The fraction of sp³-hybridized carbons (Fsp3) is 0.100. The molecule has 0 aromatic heterocycles. The van der Waals surface area contributed by atoms with Crippen LogP contribution in [0.1, 0.15) is 5.56 Å². The second kappa shape index (κ2) is 6.21. The van der Waals surface area contributed by atoms with Crippen molar-refractivity contribution in [3.63, 3.8) is 0 Å². The molecule has 6 nitrogen and oxygen atoms in total. The summed E-state index contributed by atoms with van der Waals surface area (Å²) in [4.78, 5) is 24.6. The van der Waals surface area contributed by atoms with Gasteiger partial charge in [-0.25, -0.2) is 8.42 Å². The molecule has 0 fully saturated rings. The first-order valence-electron chi connectivity index (χ1n) is 8.32. The maximum absolute atomic E-state index is 13.2. The summed E-state index contributed by atoms with van der Waals surface area (Å²) in [7, 11) is -3.92. The second-order valence-corrected chi connectivity index (χ2v) is 8.25. The van der Waals surface area contributed by atoms with Gasteiger partial charge in [0.2, 0.25) is 11.6 Å². The number of nitrogens with zero attached hydrogens (tertiary/aromatic N) is 1. The van der Waals surface area contributed by atoms with Gasteiger partial charge in [-0.1, -0.05) is 36.4 Å². The zero-order chi connectivity index (χ0) is 19.2. The number of hydrogen-bond acceptors (Lipinski definition) is 5. The van der Waals surface area contributed by atoms with Crippen LogP contribution >= 0.6 is 0 Å². The molecule has 2 atom stereocenters. The van der Waals surface area contributed by atoms with Gasteiger partial charge in [-0.3, -0.25) is 13.9 Å².